The lowest BCUT2D eigenvalue weighted by molar-refractivity contribution is -0.123. The molecule has 23 heavy (non-hydrogen) atoms. The molecule has 0 heterocycles. The van der Waals surface area contributed by atoms with Crippen LogP contribution in [-0.4, -0.2) is 36.6 Å². The molecule has 3 N–H and O–H groups in total. The fourth-order valence-corrected chi connectivity index (χ4v) is 1.91. The van der Waals surface area contributed by atoms with Crippen LogP contribution in [0.5, 0.6) is 11.5 Å². The van der Waals surface area contributed by atoms with Crippen molar-refractivity contribution in [2.75, 3.05) is 13.7 Å². The van der Waals surface area contributed by atoms with Crippen LogP contribution in [0.15, 0.2) is 18.2 Å². The van der Waals surface area contributed by atoms with Crippen LogP contribution in [0.3, 0.4) is 0 Å². The quantitative estimate of drug-likeness (QED) is 0.422. The lowest BCUT2D eigenvalue weighted by Gasteiger charge is -2.23. The van der Waals surface area contributed by atoms with Gasteiger partial charge in [0.2, 0.25) is 0 Å². The van der Waals surface area contributed by atoms with Crippen LogP contribution in [0, 0.1) is 0 Å². The molecule has 7 nitrogen and oxygen atoms in total. The molecule has 0 aromatic heterocycles. The Labute approximate surface area is 140 Å². The number of aldehydes is 1. The molecule has 0 bridgehead atoms. The summed E-state index contributed by atoms with van der Waals surface area (Å²) in [6.45, 7) is 5.60. The third-order valence-electron chi connectivity index (χ3n) is 2.49. The first-order valence-electron chi connectivity index (χ1n) is 6.88. The van der Waals surface area contributed by atoms with Gasteiger partial charge in [-0.1, -0.05) is 0 Å². The van der Waals surface area contributed by atoms with E-state index in [2.05, 4.69) is 16.2 Å². The van der Waals surface area contributed by atoms with Crippen molar-refractivity contribution >= 4 is 29.5 Å². The summed E-state index contributed by atoms with van der Waals surface area (Å²) in [7, 11) is 1.45. The minimum atomic E-state index is -0.412. The predicted octanol–water partition coefficient (Wildman–Crippen LogP) is 1.18. The van der Waals surface area contributed by atoms with Gasteiger partial charge in [-0.25, -0.2) is 0 Å². The zero-order valence-corrected chi connectivity index (χ0v) is 14.4. The van der Waals surface area contributed by atoms with E-state index in [-0.39, 0.29) is 12.1 Å². The first-order chi connectivity index (χ1) is 10.7. The van der Waals surface area contributed by atoms with Gasteiger partial charge < -0.3 is 14.8 Å². The van der Waals surface area contributed by atoms with Crippen molar-refractivity contribution in [1.82, 2.24) is 16.2 Å². The number of rotatable bonds is 5. The second-order valence-corrected chi connectivity index (χ2v) is 6.10. The Morgan fingerprint density at radius 3 is 2.52 bits per heavy atom. The van der Waals surface area contributed by atoms with Gasteiger partial charge in [0.1, 0.15) is 6.29 Å². The number of ether oxygens (including phenoxy) is 2. The van der Waals surface area contributed by atoms with Crippen LogP contribution in [0.4, 0.5) is 0 Å². The average molecular weight is 339 g/mol. The monoisotopic (exact) mass is 339 g/mol. The van der Waals surface area contributed by atoms with Crippen molar-refractivity contribution in [3.8, 4) is 11.5 Å². The summed E-state index contributed by atoms with van der Waals surface area (Å²) in [5.74, 6) is 0.327. The molecular weight excluding hydrogens is 318 g/mol. The number of benzene rings is 1. The molecule has 0 saturated heterocycles. The van der Waals surface area contributed by atoms with Gasteiger partial charge in [-0.15, -0.1) is 0 Å². The fraction of sp³-hybridized carbons (Fsp3) is 0.400. The number of thiocarbonyl (C=S) groups is 1. The minimum Gasteiger partial charge on any atom is -0.493 e. The number of methoxy groups -OCH3 is 1. The van der Waals surface area contributed by atoms with E-state index in [0.29, 0.717) is 28.5 Å². The number of hydrogen-bond acceptors (Lipinski definition) is 5. The SMILES string of the molecule is COc1cc(C=O)ccc1OCC(=O)NNC(=S)NC(C)(C)C. The number of carbonyl (C=O) groups excluding carboxylic acids is 2. The van der Waals surface area contributed by atoms with Crippen LogP contribution in [-0.2, 0) is 4.79 Å². The smallest absolute Gasteiger partial charge is 0.276 e. The Balaban J connectivity index is 2.47. The molecule has 0 atom stereocenters. The van der Waals surface area contributed by atoms with E-state index in [1.165, 1.54) is 13.2 Å². The van der Waals surface area contributed by atoms with Gasteiger partial charge >= 0.3 is 0 Å². The molecule has 1 aromatic carbocycles. The number of amides is 1. The third kappa shape index (κ3) is 6.96. The number of hydrogen-bond donors (Lipinski definition) is 3. The van der Waals surface area contributed by atoms with Crippen LogP contribution in [0.2, 0.25) is 0 Å². The van der Waals surface area contributed by atoms with Crippen LogP contribution < -0.4 is 25.6 Å². The zero-order valence-electron chi connectivity index (χ0n) is 13.6. The van der Waals surface area contributed by atoms with Crippen molar-refractivity contribution in [2.45, 2.75) is 26.3 Å². The molecule has 1 amide bonds. The molecule has 126 valence electrons. The molecule has 1 aromatic rings. The lowest BCUT2D eigenvalue weighted by atomic mass is 10.1. The molecule has 0 aliphatic carbocycles. The molecule has 0 saturated carbocycles. The van der Waals surface area contributed by atoms with Gasteiger partial charge in [0.05, 0.1) is 7.11 Å². The second kappa shape index (κ2) is 8.33. The summed E-state index contributed by atoms with van der Waals surface area (Å²) < 4.78 is 10.5. The highest BCUT2D eigenvalue weighted by molar-refractivity contribution is 7.80. The Hall–Kier alpha value is -2.35. The van der Waals surface area contributed by atoms with Crippen molar-refractivity contribution < 1.29 is 19.1 Å². The number of carbonyl (C=O) groups is 2. The summed E-state index contributed by atoms with van der Waals surface area (Å²) in [5, 5.41) is 3.30. The highest BCUT2D eigenvalue weighted by Gasteiger charge is 2.12. The first kappa shape index (κ1) is 18.7. The molecule has 1 rings (SSSR count). The zero-order chi connectivity index (χ0) is 17.5. The first-order valence-corrected chi connectivity index (χ1v) is 7.29. The minimum absolute atomic E-state index is 0.209. The van der Waals surface area contributed by atoms with Gasteiger partial charge in [-0.05, 0) is 51.2 Å². The van der Waals surface area contributed by atoms with E-state index < -0.39 is 5.91 Å². The van der Waals surface area contributed by atoms with Crippen LogP contribution in [0.25, 0.3) is 0 Å². The topological polar surface area (TPSA) is 88.7 Å². The van der Waals surface area contributed by atoms with E-state index in [1.807, 2.05) is 20.8 Å². The summed E-state index contributed by atoms with van der Waals surface area (Å²) in [6.07, 6.45) is 0.700. The molecule has 0 aliphatic rings. The highest BCUT2D eigenvalue weighted by Crippen LogP contribution is 2.27. The maximum Gasteiger partial charge on any atom is 0.276 e. The van der Waals surface area contributed by atoms with Gasteiger partial charge in [0.25, 0.3) is 5.91 Å². The van der Waals surface area contributed by atoms with E-state index >= 15 is 0 Å². The van der Waals surface area contributed by atoms with Crippen molar-refractivity contribution in [3.05, 3.63) is 23.8 Å². The standard InChI is InChI=1S/C15H21N3O4S/c1-15(2,3)16-14(23)18-17-13(20)9-22-11-6-5-10(8-19)7-12(11)21-4/h5-8H,9H2,1-4H3,(H,17,20)(H2,16,18,23). The Bertz CT molecular complexity index is 585. The third-order valence-corrected chi connectivity index (χ3v) is 2.69. The second-order valence-electron chi connectivity index (χ2n) is 5.69. The van der Waals surface area contributed by atoms with Crippen LogP contribution >= 0.6 is 12.2 Å². The van der Waals surface area contributed by atoms with Crippen LogP contribution in [0.1, 0.15) is 31.1 Å². The Morgan fingerprint density at radius 1 is 1.26 bits per heavy atom. The average Bonchev–Trinajstić information content (AvgIpc) is 2.49. The maximum atomic E-state index is 11.7. The van der Waals surface area contributed by atoms with Crippen molar-refractivity contribution in [1.29, 1.82) is 0 Å². The van der Waals surface area contributed by atoms with Crippen molar-refractivity contribution in [2.24, 2.45) is 0 Å². The largest absolute Gasteiger partial charge is 0.493 e. The number of nitrogens with one attached hydrogen (secondary N) is 3. The molecule has 0 aliphatic heterocycles. The van der Waals surface area contributed by atoms with Gasteiger partial charge in [-0.3, -0.25) is 20.4 Å². The molecule has 0 fully saturated rings. The Kier molecular flexibility index (Phi) is 6.77. The fourth-order valence-electron chi connectivity index (χ4n) is 1.55. The molecule has 0 radical (unpaired) electrons. The Morgan fingerprint density at radius 2 is 1.96 bits per heavy atom. The van der Waals surface area contributed by atoms with Gasteiger partial charge in [-0.2, -0.15) is 0 Å². The highest BCUT2D eigenvalue weighted by atomic mass is 32.1. The molecule has 0 spiro atoms. The molecule has 8 heteroatoms. The summed E-state index contributed by atoms with van der Waals surface area (Å²) in [5.41, 5.74) is 5.25. The van der Waals surface area contributed by atoms with Gasteiger partial charge in [0, 0.05) is 11.1 Å². The van der Waals surface area contributed by atoms with Crippen molar-refractivity contribution in [3.63, 3.8) is 0 Å². The summed E-state index contributed by atoms with van der Waals surface area (Å²) in [6, 6.07) is 4.67. The van der Waals surface area contributed by atoms with Gasteiger partial charge in [0.15, 0.2) is 23.2 Å². The number of hydrazine groups is 1. The molecular formula is C15H21N3O4S. The lowest BCUT2D eigenvalue weighted by Crippen LogP contribution is -2.52. The van der Waals surface area contributed by atoms with E-state index in [1.54, 1.807) is 12.1 Å². The van der Waals surface area contributed by atoms with E-state index in [0.717, 1.165) is 0 Å². The molecule has 0 unspecified atom stereocenters. The predicted molar refractivity (Wildman–Crippen MR) is 90.6 cm³/mol. The normalized spacial score (nSPS) is 10.4. The van der Waals surface area contributed by atoms with E-state index in [9.17, 15) is 9.59 Å². The maximum absolute atomic E-state index is 11.7. The van der Waals surface area contributed by atoms with E-state index in [4.69, 9.17) is 21.7 Å². The summed E-state index contributed by atoms with van der Waals surface area (Å²) >= 11 is 5.03. The summed E-state index contributed by atoms with van der Waals surface area (Å²) in [4.78, 5) is 22.4.